The van der Waals surface area contributed by atoms with Crippen LogP contribution in [0.4, 0.5) is 0 Å². The van der Waals surface area contributed by atoms with Crippen molar-refractivity contribution in [1.29, 1.82) is 0 Å². The van der Waals surface area contributed by atoms with Crippen LogP contribution >= 0.6 is 0 Å². The SMILES string of the molecule is COc1ccc(C)cc1S(=O)(=O)N[C@H](Cc1ccccc1)C(=O)NC1CCCCCC1. The van der Waals surface area contributed by atoms with Crippen LogP contribution in [0.5, 0.6) is 5.75 Å². The summed E-state index contributed by atoms with van der Waals surface area (Å²) in [6.07, 6.45) is 6.66. The summed E-state index contributed by atoms with van der Waals surface area (Å²) in [5.74, 6) is -0.0355. The van der Waals surface area contributed by atoms with Crippen molar-refractivity contribution in [3.05, 3.63) is 59.7 Å². The number of amides is 1. The van der Waals surface area contributed by atoms with Gasteiger partial charge in [0, 0.05) is 6.04 Å². The average Bonchev–Trinajstić information content (AvgIpc) is 3.02. The van der Waals surface area contributed by atoms with Gasteiger partial charge >= 0.3 is 0 Å². The number of benzene rings is 2. The smallest absolute Gasteiger partial charge is 0.244 e. The van der Waals surface area contributed by atoms with Gasteiger partial charge in [0.05, 0.1) is 7.11 Å². The van der Waals surface area contributed by atoms with E-state index in [9.17, 15) is 13.2 Å². The van der Waals surface area contributed by atoms with Crippen molar-refractivity contribution in [1.82, 2.24) is 10.0 Å². The number of aryl methyl sites for hydroxylation is 1. The molecule has 31 heavy (non-hydrogen) atoms. The molecule has 3 rings (SSSR count). The highest BCUT2D eigenvalue weighted by Gasteiger charge is 2.29. The first-order chi connectivity index (χ1) is 14.9. The fourth-order valence-electron chi connectivity index (χ4n) is 4.01. The molecular formula is C24H32N2O4S. The Balaban J connectivity index is 1.85. The van der Waals surface area contributed by atoms with E-state index in [4.69, 9.17) is 4.74 Å². The summed E-state index contributed by atoms with van der Waals surface area (Å²) in [6, 6.07) is 13.6. The lowest BCUT2D eigenvalue weighted by Gasteiger charge is -2.23. The van der Waals surface area contributed by atoms with Crippen LogP contribution in [-0.2, 0) is 21.2 Å². The first-order valence-electron chi connectivity index (χ1n) is 10.9. The summed E-state index contributed by atoms with van der Waals surface area (Å²) >= 11 is 0. The minimum atomic E-state index is -3.97. The lowest BCUT2D eigenvalue weighted by atomic mass is 10.0. The normalized spacial score (nSPS) is 16.3. The number of ether oxygens (including phenoxy) is 1. The predicted molar refractivity (Wildman–Crippen MR) is 122 cm³/mol. The summed E-state index contributed by atoms with van der Waals surface area (Å²) in [6.45, 7) is 1.82. The van der Waals surface area contributed by atoms with Crippen molar-refractivity contribution in [3.8, 4) is 5.75 Å². The molecule has 0 spiro atoms. The number of hydrogen-bond donors (Lipinski definition) is 2. The molecule has 0 aromatic heterocycles. The molecule has 0 heterocycles. The second-order valence-electron chi connectivity index (χ2n) is 8.21. The number of carbonyl (C=O) groups excluding carboxylic acids is 1. The number of hydrogen-bond acceptors (Lipinski definition) is 4. The Morgan fingerprint density at radius 3 is 2.39 bits per heavy atom. The van der Waals surface area contributed by atoms with Crippen LogP contribution < -0.4 is 14.8 Å². The second-order valence-corrected chi connectivity index (χ2v) is 9.90. The van der Waals surface area contributed by atoms with Crippen molar-refractivity contribution >= 4 is 15.9 Å². The third-order valence-corrected chi connectivity index (χ3v) is 7.20. The molecule has 1 amide bonds. The van der Waals surface area contributed by atoms with E-state index in [1.54, 1.807) is 18.2 Å². The molecule has 1 saturated carbocycles. The zero-order chi connectivity index (χ0) is 22.3. The van der Waals surface area contributed by atoms with Crippen LogP contribution in [-0.4, -0.2) is 33.5 Å². The fourth-order valence-corrected chi connectivity index (χ4v) is 5.46. The van der Waals surface area contributed by atoms with E-state index in [0.29, 0.717) is 0 Å². The summed E-state index contributed by atoms with van der Waals surface area (Å²) in [5.41, 5.74) is 1.69. The van der Waals surface area contributed by atoms with Crippen molar-refractivity contribution in [3.63, 3.8) is 0 Å². The van der Waals surface area contributed by atoms with E-state index in [0.717, 1.165) is 36.8 Å². The number of rotatable bonds is 8. The van der Waals surface area contributed by atoms with Crippen molar-refractivity contribution in [2.75, 3.05) is 7.11 Å². The lowest BCUT2D eigenvalue weighted by Crippen LogP contribution is -2.50. The minimum Gasteiger partial charge on any atom is -0.495 e. The molecule has 2 aromatic rings. The van der Waals surface area contributed by atoms with Gasteiger partial charge in [0.1, 0.15) is 16.7 Å². The molecule has 2 N–H and O–H groups in total. The highest BCUT2D eigenvalue weighted by Crippen LogP contribution is 2.25. The van der Waals surface area contributed by atoms with Crippen LogP contribution in [0.15, 0.2) is 53.4 Å². The number of carbonyl (C=O) groups is 1. The third kappa shape index (κ3) is 6.55. The monoisotopic (exact) mass is 444 g/mol. The van der Waals surface area contributed by atoms with Crippen LogP contribution in [0.25, 0.3) is 0 Å². The molecule has 2 aromatic carbocycles. The zero-order valence-electron chi connectivity index (χ0n) is 18.3. The first-order valence-corrected chi connectivity index (χ1v) is 12.4. The topological polar surface area (TPSA) is 84.5 Å². The van der Waals surface area contributed by atoms with Crippen LogP contribution in [0, 0.1) is 6.92 Å². The molecular weight excluding hydrogens is 412 g/mol. The van der Waals surface area contributed by atoms with E-state index >= 15 is 0 Å². The van der Waals surface area contributed by atoms with E-state index in [1.807, 2.05) is 37.3 Å². The molecule has 6 nitrogen and oxygen atoms in total. The highest BCUT2D eigenvalue weighted by molar-refractivity contribution is 7.89. The predicted octanol–water partition coefficient (Wildman–Crippen LogP) is 3.73. The van der Waals surface area contributed by atoms with Gasteiger partial charge in [-0.15, -0.1) is 0 Å². The number of nitrogens with one attached hydrogen (secondary N) is 2. The maximum atomic E-state index is 13.2. The van der Waals surface area contributed by atoms with Crippen molar-refractivity contribution in [2.24, 2.45) is 0 Å². The van der Waals surface area contributed by atoms with Gasteiger partial charge in [-0.3, -0.25) is 4.79 Å². The highest BCUT2D eigenvalue weighted by atomic mass is 32.2. The molecule has 7 heteroatoms. The summed E-state index contributed by atoms with van der Waals surface area (Å²) in [7, 11) is -2.54. The van der Waals surface area contributed by atoms with Gasteiger partial charge in [0.15, 0.2) is 0 Å². The molecule has 0 unspecified atom stereocenters. The van der Waals surface area contributed by atoms with E-state index in [-0.39, 0.29) is 29.0 Å². The van der Waals surface area contributed by atoms with Crippen LogP contribution in [0.3, 0.4) is 0 Å². The standard InChI is InChI=1S/C24H32N2O4S/c1-18-14-15-22(30-2)23(16-18)31(28,29)26-21(17-19-10-6-5-7-11-19)24(27)25-20-12-8-3-4-9-13-20/h5-7,10-11,14-16,20-21,26H,3-4,8-9,12-13,17H2,1-2H3,(H,25,27)/t21-/m1/s1. The zero-order valence-corrected chi connectivity index (χ0v) is 19.1. The Kier molecular flexibility index (Phi) is 8.09. The number of sulfonamides is 1. The third-order valence-electron chi connectivity index (χ3n) is 5.71. The maximum absolute atomic E-state index is 13.2. The largest absolute Gasteiger partial charge is 0.495 e. The first kappa shape index (κ1) is 23.3. The van der Waals surface area contributed by atoms with Gasteiger partial charge in [-0.1, -0.05) is 62.1 Å². The molecule has 1 aliphatic carbocycles. The molecule has 0 aliphatic heterocycles. The van der Waals surface area contributed by atoms with Gasteiger partial charge in [-0.2, -0.15) is 4.72 Å². The van der Waals surface area contributed by atoms with Crippen molar-refractivity contribution in [2.45, 2.75) is 68.8 Å². The van der Waals surface area contributed by atoms with Crippen LogP contribution in [0.1, 0.15) is 49.7 Å². The Labute approximate surface area is 185 Å². The molecule has 0 bridgehead atoms. The molecule has 1 aliphatic rings. The Morgan fingerprint density at radius 2 is 1.74 bits per heavy atom. The Bertz CT molecular complexity index is 968. The minimum absolute atomic E-state index is 0.0373. The van der Waals surface area contributed by atoms with Gasteiger partial charge in [0.25, 0.3) is 0 Å². The van der Waals surface area contributed by atoms with E-state index < -0.39 is 16.1 Å². The van der Waals surface area contributed by atoms with Crippen molar-refractivity contribution < 1.29 is 17.9 Å². The quantitative estimate of drug-likeness (QED) is 0.608. The Hall–Kier alpha value is -2.38. The molecule has 0 radical (unpaired) electrons. The summed E-state index contributed by atoms with van der Waals surface area (Å²) in [5, 5.41) is 3.10. The van der Waals surface area contributed by atoms with Crippen LogP contribution in [0.2, 0.25) is 0 Å². The Morgan fingerprint density at radius 1 is 1.06 bits per heavy atom. The summed E-state index contributed by atoms with van der Waals surface area (Å²) < 4.78 is 34.4. The second kappa shape index (κ2) is 10.8. The lowest BCUT2D eigenvalue weighted by molar-refractivity contribution is -0.123. The maximum Gasteiger partial charge on any atom is 0.244 e. The van der Waals surface area contributed by atoms with Gasteiger partial charge < -0.3 is 10.1 Å². The summed E-state index contributed by atoms with van der Waals surface area (Å²) in [4.78, 5) is 13.2. The fraction of sp³-hybridized carbons (Fsp3) is 0.458. The van der Waals surface area contributed by atoms with E-state index in [2.05, 4.69) is 10.0 Å². The molecule has 1 fully saturated rings. The number of methoxy groups -OCH3 is 1. The molecule has 168 valence electrons. The average molecular weight is 445 g/mol. The van der Waals surface area contributed by atoms with E-state index in [1.165, 1.54) is 20.0 Å². The van der Waals surface area contributed by atoms with Gasteiger partial charge in [-0.25, -0.2) is 8.42 Å². The van der Waals surface area contributed by atoms with Gasteiger partial charge in [-0.05, 0) is 49.4 Å². The molecule has 1 atom stereocenters. The molecule has 0 saturated heterocycles. The van der Waals surface area contributed by atoms with Gasteiger partial charge in [0.2, 0.25) is 15.9 Å².